The van der Waals surface area contributed by atoms with Gasteiger partial charge in [-0.15, -0.1) is 0 Å². The fraction of sp³-hybridized carbons (Fsp3) is 0.267. The predicted octanol–water partition coefficient (Wildman–Crippen LogP) is 2.32. The monoisotopic (exact) mass is 285 g/mol. The van der Waals surface area contributed by atoms with Crippen molar-refractivity contribution in [3.05, 3.63) is 29.8 Å². The highest BCUT2D eigenvalue weighted by Gasteiger charge is 2.27. The van der Waals surface area contributed by atoms with Crippen molar-refractivity contribution in [3.63, 3.8) is 0 Å². The van der Waals surface area contributed by atoms with E-state index >= 15 is 0 Å². The van der Waals surface area contributed by atoms with E-state index in [4.69, 9.17) is 11.5 Å². The molecule has 6 heteroatoms. The summed E-state index contributed by atoms with van der Waals surface area (Å²) in [6, 6.07) is 7.09. The van der Waals surface area contributed by atoms with Crippen LogP contribution in [0.4, 0.5) is 11.5 Å². The molecular formula is C15H19N5O. The lowest BCUT2D eigenvalue weighted by Gasteiger charge is -2.20. The van der Waals surface area contributed by atoms with E-state index in [0.717, 1.165) is 5.56 Å². The van der Waals surface area contributed by atoms with Crippen LogP contribution in [0.1, 0.15) is 31.1 Å². The van der Waals surface area contributed by atoms with E-state index in [1.54, 1.807) is 28.9 Å². The van der Waals surface area contributed by atoms with Gasteiger partial charge in [-0.1, -0.05) is 12.1 Å². The number of aliphatic imine (C=N–C) groups is 1. The summed E-state index contributed by atoms with van der Waals surface area (Å²) in [6.45, 7) is 9.42. The van der Waals surface area contributed by atoms with Gasteiger partial charge in [-0.25, -0.2) is 9.67 Å². The standard InChI is InChI=1S/C15H19N5O/c1-15(2,3)20-14(18-4)11(13(17)21)12(19-20)9-5-7-10(16)8-6-9/h5-8H,4,16H2,1-3H3,(H2,17,21). The number of hydrogen-bond donors (Lipinski definition) is 2. The fourth-order valence-electron chi connectivity index (χ4n) is 2.09. The van der Waals surface area contributed by atoms with Crippen molar-refractivity contribution in [2.75, 3.05) is 5.73 Å². The van der Waals surface area contributed by atoms with E-state index in [0.29, 0.717) is 17.2 Å². The summed E-state index contributed by atoms with van der Waals surface area (Å²) in [5.74, 6) is -0.207. The van der Waals surface area contributed by atoms with Gasteiger partial charge in [-0.05, 0) is 39.6 Å². The second-order valence-corrected chi connectivity index (χ2v) is 5.77. The fourth-order valence-corrected chi connectivity index (χ4v) is 2.09. The molecule has 0 aliphatic heterocycles. The SMILES string of the molecule is C=Nc1c(C(N)=O)c(-c2ccc(N)cc2)nn1C(C)(C)C. The van der Waals surface area contributed by atoms with Crippen LogP contribution in [0.2, 0.25) is 0 Å². The molecule has 0 fully saturated rings. The first-order valence-corrected chi connectivity index (χ1v) is 6.51. The summed E-state index contributed by atoms with van der Waals surface area (Å²) in [5, 5.41) is 4.51. The van der Waals surface area contributed by atoms with E-state index in [2.05, 4.69) is 16.8 Å². The van der Waals surface area contributed by atoms with E-state index in [9.17, 15) is 4.79 Å². The number of nitrogens with zero attached hydrogens (tertiary/aromatic N) is 3. The molecule has 0 radical (unpaired) electrons. The number of hydrogen-bond acceptors (Lipinski definition) is 4. The molecule has 1 heterocycles. The minimum Gasteiger partial charge on any atom is -0.399 e. The molecule has 1 aromatic heterocycles. The van der Waals surface area contributed by atoms with Crippen LogP contribution >= 0.6 is 0 Å². The molecule has 1 amide bonds. The lowest BCUT2D eigenvalue weighted by molar-refractivity contribution is 0.100. The Bertz CT molecular complexity index is 692. The van der Waals surface area contributed by atoms with Crippen molar-refractivity contribution < 1.29 is 4.79 Å². The second kappa shape index (κ2) is 5.05. The van der Waals surface area contributed by atoms with Crippen LogP contribution in [-0.2, 0) is 5.54 Å². The zero-order valence-corrected chi connectivity index (χ0v) is 12.4. The molecule has 0 aliphatic rings. The number of nitrogen functional groups attached to an aromatic ring is 1. The Kier molecular flexibility index (Phi) is 3.55. The van der Waals surface area contributed by atoms with Crippen molar-refractivity contribution in [2.24, 2.45) is 10.7 Å². The Morgan fingerprint density at radius 3 is 2.29 bits per heavy atom. The van der Waals surface area contributed by atoms with Crippen LogP contribution in [0.25, 0.3) is 11.3 Å². The molecule has 0 atom stereocenters. The lowest BCUT2D eigenvalue weighted by Crippen LogP contribution is -2.23. The highest BCUT2D eigenvalue weighted by Crippen LogP contribution is 2.34. The zero-order valence-electron chi connectivity index (χ0n) is 12.4. The van der Waals surface area contributed by atoms with Gasteiger partial charge in [0, 0.05) is 11.3 Å². The van der Waals surface area contributed by atoms with Crippen molar-refractivity contribution in [1.29, 1.82) is 0 Å². The number of aromatic nitrogens is 2. The van der Waals surface area contributed by atoms with E-state index in [1.807, 2.05) is 20.8 Å². The number of carbonyl (C=O) groups excluding carboxylic acids is 1. The van der Waals surface area contributed by atoms with Crippen LogP contribution in [-0.4, -0.2) is 22.4 Å². The third kappa shape index (κ3) is 2.65. The average Bonchev–Trinajstić information content (AvgIpc) is 2.79. The third-order valence-electron chi connectivity index (χ3n) is 3.08. The average molecular weight is 285 g/mol. The number of nitrogens with two attached hydrogens (primary N) is 2. The second-order valence-electron chi connectivity index (χ2n) is 5.77. The van der Waals surface area contributed by atoms with E-state index in [-0.39, 0.29) is 11.1 Å². The first-order chi connectivity index (χ1) is 9.75. The van der Waals surface area contributed by atoms with Crippen molar-refractivity contribution in [1.82, 2.24) is 9.78 Å². The number of amides is 1. The van der Waals surface area contributed by atoms with Crippen LogP contribution in [0, 0.1) is 0 Å². The van der Waals surface area contributed by atoms with E-state index in [1.165, 1.54) is 0 Å². The Balaban J connectivity index is 2.76. The summed E-state index contributed by atoms with van der Waals surface area (Å²) >= 11 is 0. The summed E-state index contributed by atoms with van der Waals surface area (Å²) in [5.41, 5.74) is 13.0. The minimum atomic E-state index is -0.584. The zero-order chi connectivity index (χ0) is 15.8. The summed E-state index contributed by atoms with van der Waals surface area (Å²) < 4.78 is 1.66. The molecule has 0 spiro atoms. The Morgan fingerprint density at radius 1 is 1.29 bits per heavy atom. The molecule has 1 aromatic carbocycles. The third-order valence-corrected chi connectivity index (χ3v) is 3.08. The van der Waals surface area contributed by atoms with Crippen LogP contribution in [0.3, 0.4) is 0 Å². The molecule has 21 heavy (non-hydrogen) atoms. The first kappa shape index (κ1) is 14.8. The van der Waals surface area contributed by atoms with Gasteiger partial charge >= 0.3 is 0 Å². The largest absolute Gasteiger partial charge is 0.399 e. The van der Waals surface area contributed by atoms with Crippen LogP contribution in [0.15, 0.2) is 29.3 Å². The maximum atomic E-state index is 11.8. The number of benzene rings is 1. The molecule has 0 saturated heterocycles. The summed E-state index contributed by atoms with van der Waals surface area (Å²) in [7, 11) is 0. The minimum absolute atomic E-state index is 0.268. The molecular weight excluding hydrogens is 266 g/mol. The maximum absolute atomic E-state index is 11.8. The van der Waals surface area contributed by atoms with Gasteiger partial charge in [0.25, 0.3) is 5.91 Å². The number of rotatable bonds is 3. The number of anilines is 1. The first-order valence-electron chi connectivity index (χ1n) is 6.51. The van der Waals surface area contributed by atoms with Gasteiger partial charge in [0.15, 0.2) is 5.82 Å². The molecule has 110 valence electrons. The topological polar surface area (TPSA) is 99.3 Å². The van der Waals surface area contributed by atoms with Crippen LogP contribution in [0.5, 0.6) is 0 Å². The highest BCUT2D eigenvalue weighted by atomic mass is 16.1. The molecule has 2 aromatic rings. The van der Waals surface area contributed by atoms with E-state index < -0.39 is 5.91 Å². The maximum Gasteiger partial charge on any atom is 0.254 e. The van der Waals surface area contributed by atoms with Crippen molar-refractivity contribution in [2.45, 2.75) is 26.3 Å². The molecule has 0 saturated carbocycles. The molecule has 0 bridgehead atoms. The number of carbonyl (C=O) groups is 1. The van der Waals surface area contributed by atoms with Gasteiger partial charge in [-0.2, -0.15) is 5.10 Å². The van der Waals surface area contributed by atoms with Crippen molar-refractivity contribution in [3.8, 4) is 11.3 Å². The molecule has 0 unspecified atom stereocenters. The smallest absolute Gasteiger partial charge is 0.254 e. The quantitative estimate of drug-likeness (QED) is 0.668. The Morgan fingerprint density at radius 2 is 1.86 bits per heavy atom. The normalized spacial score (nSPS) is 11.4. The number of primary amides is 1. The summed E-state index contributed by atoms with van der Waals surface area (Å²) in [6.07, 6.45) is 0. The highest BCUT2D eigenvalue weighted by molar-refractivity contribution is 6.03. The molecule has 6 nitrogen and oxygen atoms in total. The van der Waals surface area contributed by atoms with Gasteiger partial charge in [0.1, 0.15) is 11.3 Å². The van der Waals surface area contributed by atoms with Gasteiger partial charge in [0.2, 0.25) is 0 Å². The van der Waals surface area contributed by atoms with Crippen LogP contribution < -0.4 is 11.5 Å². The molecule has 4 N–H and O–H groups in total. The Hall–Kier alpha value is -2.63. The Labute approximate surface area is 123 Å². The molecule has 0 aliphatic carbocycles. The van der Waals surface area contributed by atoms with Crippen molar-refractivity contribution >= 4 is 24.1 Å². The van der Waals surface area contributed by atoms with Gasteiger partial charge < -0.3 is 11.5 Å². The summed E-state index contributed by atoms with van der Waals surface area (Å²) in [4.78, 5) is 15.8. The van der Waals surface area contributed by atoms with Gasteiger partial charge in [-0.3, -0.25) is 4.79 Å². The lowest BCUT2D eigenvalue weighted by atomic mass is 10.1. The predicted molar refractivity (Wildman–Crippen MR) is 84.8 cm³/mol. The molecule has 2 rings (SSSR count). The van der Waals surface area contributed by atoms with Gasteiger partial charge in [0.05, 0.1) is 5.54 Å².